The zero-order chi connectivity index (χ0) is 20.9. The minimum atomic E-state index is -0.249. The molecule has 160 valence electrons. The largest absolute Gasteiger partial charge is 0.368 e. The second-order valence-corrected chi connectivity index (χ2v) is 8.83. The van der Waals surface area contributed by atoms with E-state index in [1.165, 1.54) is 16.9 Å². The summed E-state index contributed by atoms with van der Waals surface area (Å²) in [5.41, 5.74) is 2.24. The minimum absolute atomic E-state index is 0.121. The average molecular weight is 430 g/mol. The highest BCUT2D eigenvalue weighted by molar-refractivity contribution is 7.13. The van der Waals surface area contributed by atoms with Gasteiger partial charge in [0.2, 0.25) is 5.01 Å². The topological polar surface area (TPSA) is 87.7 Å². The van der Waals surface area contributed by atoms with E-state index in [-0.39, 0.29) is 17.9 Å². The number of nitrogens with one attached hydrogen (secondary N) is 1. The van der Waals surface area contributed by atoms with Gasteiger partial charge in [0, 0.05) is 39.3 Å². The van der Waals surface area contributed by atoms with E-state index in [1.54, 1.807) is 0 Å². The van der Waals surface area contributed by atoms with Gasteiger partial charge in [0.25, 0.3) is 11.8 Å². The zero-order valence-electron chi connectivity index (χ0n) is 17.2. The van der Waals surface area contributed by atoms with Gasteiger partial charge >= 0.3 is 0 Å². The van der Waals surface area contributed by atoms with E-state index in [2.05, 4.69) is 20.4 Å². The highest BCUT2D eigenvalue weighted by Crippen LogP contribution is 2.18. The molecule has 2 amide bonds. The molecule has 30 heavy (non-hydrogen) atoms. The minimum Gasteiger partial charge on any atom is -0.368 e. The second kappa shape index (κ2) is 9.63. The molecule has 0 aliphatic carbocycles. The summed E-state index contributed by atoms with van der Waals surface area (Å²) in [5, 5.41) is 12.3. The van der Waals surface area contributed by atoms with E-state index in [0.717, 1.165) is 36.5 Å². The standard InChI is InChI=1S/C21H27N5O3S/c1-15-4-6-16(7-5-15)13-22-19(27)20-24-23-18(30-20)14-25-8-10-26(11-9-25)21(28)17-3-2-12-29-17/h4-7,17H,2-3,8-14H2,1H3,(H,22,27)/t17-/m1/s1. The summed E-state index contributed by atoms with van der Waals surface area (Å²) < 4.78 is 5.51. The Balaban J connectivity index is 1.23. The van der Waals surface area contributed by atoms with E-state index in [9.17, 15) is 9.59 Å². The Kier molecular flexibility index (Phi) is 6.71. The molecule has 4 rings (SSSR count). The van der Waals surface area contributed by atoms with E-state index < -0.39 is 0 Å². The number of aromatic nitrogens is 2. The van der Waals surface area contributed by atoms with Crippen molar-refractivity contribution in [2.75, 3.05) is 32.8 Å². The predicted molar refractivity (Wildman–Crippen MR) is 113 cm³/mol. The summed E-state index contributed by atoms with van der Waals surface area (Å²) in [6.07, 6.45) is 1.55. The van der Waals surface area contributed by atoms with Crippen LogP contribution in [0.5, 0.6) is 0 Å². The van der Waals surface area contributed by atoms with Crippen LogP contribution in [0.25, 0.3) is 0 Å². The van der Waals surface area contributed by atoms with Gasteiger partial charge in [-0.05, 0) is 25.3 Å². The maximum absolute atomic E-state index is 12.4. The van der Waals surface area contributed by atoms with Crippen LogP contribution in [0.1, 0.15) is 38.8 Å². The molecule has 0 radical (unpaired) electrons. The molecule has 9 heteroatoms. The molecule has 1 N–H and O–H groups in total. The number of piperazine rings is 1. The van der Waals surface area contributed by atoms with Crippen molar-refractivity contribution in [1.29, 1.82) is 0 Å². The van der Waals surface area contributed by atoms with Crippen LogP contribution in [-0.4, -0.2) is 70.7 Å². The Morgan fingerprint density at radius 1 is 1.17 bits per heavy atom. The summed E-state index contributed by atoms with van der Waals surface area (Å²) in [6, 6.07) is 8.06. The summed E-state index contributed by atoms with van der Waals surface area (Å²) >= 11 is 1.32. The van der Waals surface area contributed by atoms with E-state index >= 15 is 0 Å². The number of carbonyl (C=O) groups is 2. The van der Waals surface area contributed by atoms with Gasteiger partial charge in [-0.15, -0.1) is 10.2 Å². The van der Waals surface area contributed by atoms with Gasteiger partial charge in [-0.25, -0.2) is 0 Å². The molecule has 0 saturated carbocycles. The first-order valence-electron chi connectivity index (χ1n) is 10.4. The van der Waals surface area contributed by atoms with Crippen molar-refractivity contribution in [2.45, 2.75) is 39.0 Å². The number of ether oxygens (including phenoxy) is 1. The lowest BCUT2D eigenvalue weighted by molar-refractivity contribution is -0.142. The van der Waals surface area contributed by atoms with Crippen LogP contribution in [0.15, 0.2) is 24.3 Å². The lowest BCUT2D eigenvalue weighted by Gasteiger charge is -2.35. The molecule has 1 aromatic heterocycles. The Morgan fingerprint density at radius 2 is 1.93 bits per heavy atom. The molecule has 3 heterocycles. The zero-order valence-corrected chi connectivity index (χ0v) is 18.0. The van der Waals surface area contributed by atoms with Gasteiger partial charge in [-0.2, -0.15) is 0 Å². The number of benzene rings is 1. The summed E-state index contributed by atoms with van der Waals surface area (Å²) in [7, 11) is 0. The molecular formula is C21H27N5O3S. The fraction of sp³-hybridized carbons (Fsp3) is 0.524. The van der Waals surface area contributed by atoms with Crippen molar-refractivity contribution in [1.82, 2.24) is 25.3 Å². The maximum Gasteiger partial charge on any atom is 0.282 e. The Hall–Kier alpha value is -2.36. The third kappa shape index (κ3) is 5.21. The van der Waals surface area contributed by atoms with Gasteiger partial charge in [0.15, 0.2) is 0 Å². The van der Waals surface area contributed by atoms with Crippen LogP contribution in [0.2, 0.25) is 0 Å². The van der Waals surface area contributed by atoms with E-state index in [4.69, 9.17) is 4.74 Å². The fourth-order valence-electron chi connectivity index (χ4n) is 3.67. The van der Waals surface area contributed by atoms with Crippen LogP contribution in [0, 0.1) is 6.92 Å². The Labute approximate surface area is 180 Å². The third-order valence-electron chi connectivity index (χ3n) is 5.48. The first kappa shape index (κ1) is 20.9. The molecule has 0 bridgehead atoms. The predicted octanol–water partition coefficient (Wildman–Crippen LogP) is 1.60. The van der Waals surface area contributed by atoms with E-state index in [0.29, 0.717) is 37.8 Å². The Bertz CT molecular complexity index is 871. The molecule has 2 aliphatic heterocycles. The molecular weight excluding hydrogens is 402 g/mol. The van der Waals surface area contributed by atoms with Crippen molar-refractivity contribution >= 4 is 23.2 Å². The van der Waals surface area contributed by atoms with Gasteiger partial charge in [-0.3, -0.25) is 14.5 Å². The average Bonchev–Trinajstić information content (AvgIpc) is 3.46. The molecule has 0 unspecified atom stereocenters. The monoisotopic (exact) mass is 429 g/mol. The highest BCUT2D eigenvalue weighted by atomic mass is 32.1. The van der Waals surface area contributed by atoms with Crippen molar-refractivity contribution in [3.8, 4) is 0 Å². The second-order valence-electron chi connectivity index (χ2n) is 7.77. The van der Waals surface area contributed by atoms with Gasteiger partial charge in [-0.1, -0.05) is 41.2 Å². The number of aryl methyl sites for hydroxylation is 1. The summed E-state index contributed by atoms with van der Waals surface area (Å²) in [6.45, 7) is 6.80. The van der Waals surface area contributed by atoms with Crippen LogP contribution >= 0.6 is 11.3 Å². The van der Waals surface area contributed by atoms with Crippen LogP contribution in [-0.2, 0) is 22.6 Å². The summed E-state index contributed by atoms with van der Waals surface area (Å²) in [5.74, 6) is -0.0816. The molecule has 2 aromatic rings. The quantitative estimate of drug-likeness (QED) is 0.751. The molecule has 2 aliphatic rings. The normalized spacial score (nSPS) is 19.8. The van der Waals surface area contributed by atoms with Crippen LogP contribution in [0.4, 0.5) is 0 Å². The van der Waals surface area contributed by atoms with Crippen LogP contribution < -0.4 is 5.32 Å². The first-order valence-corrected chi connectivity index (χ1v) is 11.2. The van der Waals surface area contributed by atoms with Gasteiger partial charge < -0.3 is 15.0 Å². The van der Waals surface area contributed by atoms with Crippen molar-refractivity contribution < 1.29 is 14.3 Å². The van der Waals surface area contributed by atoms with E-state index in [1.807, 2.05) is 36.1 Å². The van der Waals surface area contributed by atoms with Crippen molar-refractivity contribution in [2.24, 2.45) is 0 Å². The van der Waals surface area contributed by atoms with Gasteiger partial charge in [0.1, 0.15) is 11.1 Å². The fourth-order valence-corrected chi connectivity index (χ4v) is 4.47. The summed E-state index contributed by atoms with van der Waals surface area (Å²) in [4.78, 5) is 28.9. The SMILES string of the molecule is Cc1ccc(CNC(=O)c2nnc(CN3CCN(C(=O)[C@H]4CCCO4)CC3)s2)cc1. The van der Waals surface area contributed by atoms with Gasteiger partial charge in [0.05, 0.1) is 6.54 Å². The number of hydrogen-bond acceptors (Lipinski definition) is 7. The number of rotatable bonds is 6. The molecule has 0 spiro atoms. The van der Waals surface area contributed by atoms with Crippen molar-refractivity contribution in [3.05, 3.63) is 45.4 Å². The molecule has 8 nitrogen and oxygen atoms in total. The molecule has 2 saturated heterocycles. The Morgan fingerprint density at radius 3 is 2.63 bits per heavy atom. The number of hydrogen-bond donors (Lipinski definition) is 1. The number of nitrogens with zero attached hydrogens (tertiary/aromatic N) is 4. The first-order chi connectivity index (χ1) is 14.6. The molecule has 1 atom stereocenters. The third-order valence-corrected chi connectivity index (χ3v) is 6.39. The smallest absolute Gasteiger partial charge is 0.282 e. The maximum atomic E-state index is 12.4. The van der Waals surface area contributed by atoms with Crippen LogP contribution in [0.3, 0.4) is 0 Å². The molecule has 2 fully saturated rings. The highest BCUT2D eigenvalue weighted by Gasteiger charge is 2.30. The molecule has 1 aromatic carbocycles. The lowest BCUT2D eigenvalue weighted by atomic mass is 10.1. The number of carbonyl (C=O) groups excluding carboxylic acids is 2. The lowest BCUT2D eigenvalue weighted by Crippen LogP contribution is -2.51. The number of amides is 2. The van der Waals surface area contributed by atoms with Crippen molar-refractivity contribution in [3.63, 3.8) is 0 Å².